The van der Waals surface area contributed by atoms with Gasteiger partial charge in [0.2, 0.25) is 0 Å². The third kappa shape index (κ3) is 4.36. The van der Waals surface area contributed by atoms with E-state index in [2.05, 4.69) is 21.7 Å². The number of benzene rings is 2. The van der Waals surface area contributed by atoms with Crippen molar-refractivity contribution in [1.82, 2.24) is 5.16 Å². The van der Waals surface area contributed by atoms with Crippen molar-refractivity contribution >= 4 is 21.4 Å². The van der Waals surface area contributed by atoms with Crippen LogP contribution in [0, 0.1) is 19.8 Å². The van der Waals surface area contributed by atoms with Gasteiger partial charge in [-0.2, -0.15) is 0 Å². The molecule has 4 rings (SSSR count). The molecule has 158 valence electrons. The number of piperidine rings is 1. The van der Waals surface area contributed by atoms with E-state index in [4.69, 9.17) is 4.52 Å². The van der Waals surface area contributed by atoms with E-state index in [1.807, 2.05) is 37.3 Å². The Hall–Kier alpha value is -2.80. The molecule has 7 heteroatoms. The van der Waals surface area contributed by atoms with Crippen molar-refractivity contribution < 1.29 is 12.9 Å². The van der Waals surface area contributed by atoms with Gasteiger partial charge in [-0.1, -0.05) is 24.2 Å². The van der Waals surface area contributed by atoms with Crippen LogP contribution >= 0.6 is 0 Å². The van der Waals surface area contributed by atoms with Gasteiger partial charge in [-0.15, -0.1) is 0 Å². The molecule has 0 aliphatic carbocycles. The van der Waals surface area contributed by atoms with Crippen molar-refractivity contribution in [2.24, 2.45) is 5.92 Å². The van der Waals surface area contributed by atoms with Crippen molar-refractivity contribution in [3.8, 4) is 11.3 Å². The number of nitrogens with zero attached hydrogens (tertiary/aromatic N) is 2. The molecule has 1 aliphatic rings. The molecule has 0 saturated carbocycles. The zero-order valence-corrected chi connectivity index (χ0v) is 18.4. The van der Waals surface area contributed by atoms with Gasteiger partial charge >= 0.3 is 0 Å². The van der Waals surface area contributed by atoms with Gasteiger partial charge in [-0.3, -0.25) is 4.72 Å². The van der Waals surface area contributed by atoms with E-state index >= 15 is 0 Å². The van der Waals surface area contributed by atoms with Crippen LogP contribution in [-0.2, 0) is 10.0 Å². The minimum absolute atomic E-state index is 0.225. The Morgan fingerprint density at radius 3 is 2.37 bits per heavy atom. The molecule has 0 radical (unpaired) electrons. The highest BCUT2D eigenvalue weighted by atomic mass is 32.2. The Bertz CT molecular complexity index is 1130. The summed E-state index contributed by atoms with van der Waals surface area (Å²) in [5.41, 5.74) is 3.77. The fourth-order valence-electron chi connectivity index (χ4n) is 3.76. The first-order valence-electron chi connectivity index (χ1n) is 10.2. The lowest BCUT2D eigenvalue weighted by atomic mass is 9.99. The third-order valence-electron chi connectivity index (χ3n) is 5.66. The minimum atomic E-state index is -3.74. The number of rotatable bonds is 5. The summed E-state index contributed by atoms with van der Waals surface area (Å²) in [5.74, 6) is 1.32. The summed E-state index contributed by atoms with van der Waals surface area (Å²) in [7, 11) is -3.74. The van der Waals surface area contributed by atoms with Crippen LogP contribution < -0.4 is 9.62 Å². The van der Waals surface area contributed by atoms with Crippen LogP contribution in [0.1, 0.15) is 31.0 Å². The van der Waals surface area contributed by atoms with Crippen LogP contribution in [-0.4, -0.2) is 26.7 Å². The number of nitrogens with one attached hydrogen (secondary N) is 1. The van der Waals surface area contributed by atoms with Crippen molar-refractivity contribution in [1.29, 1.82) is 0 Å². The van der Waals surface area contributed by atoms with Crippen LogP contribution in [0.5, 0.6) is 0 Å². The SMILES string of the molecule is Cc1cc(-c2ccc(C)c(S(=O)(=O)Nc3ccc(N4CCC(C)CC4)cc3)c2)on1. The summed E-state index contributed by atoms with van der Waals surface area (Å²) in [5, 5.41) is 3.88. The maximum Gasteiger partial charge on any atom is 0.262 e. The zero-order chi connectivity index (χ0) is 21.3. The van der Waals surface area contributed by atoms with E-state index in [1.54, 1.807) is 25.1 Å². The summed E-state index contributed by atoms with van der Waals surface area (Å²) in [6, 6.07) is 14.6. The fraction of sp³-hybridized carbons (Fsp3) is 0.348. The normalized spacial score (nSPS) is 15.4. The number of sulfonamides is 1. The Kier molecular flexibility index (Phi) is 5.56. The second kappa shape index (κ2) is 8.14. The number of aromatic nitrogens is 1. The molecular weight excluding hydrogens is 398 g/mol. The predicted octanol–water partition coefficient (Wildman–Crippen LogP) is 5.00. The van der Waals surface area contributed by atoms with Crippen molar-refractivity contribution in [2.45, 2.75) is 38.5 Å². The van der Waals surface area contributed by atoms with Gasteiger partial charge in [-0.25, -0.2) is 8.42 Å². The molecule has 0 unspecified atom stereocenters. The Labute approximate surface area is 177 Å². The first kappa shape index (κ1) is 20.5. The van der Waals surface area contributed by atoms with Crippen LogP contribution in [0.15, 0.2) is 57.9 Å². The number of anilines is 2. The summed E-state index contributed by atoms with van der Waals surface area (Å²) in [6.45, 7) is 7.98. The molecular formula is C23H27N3O3S. The average molecular weight is 426 g/mol. The Morgan fingerprint density at radius 2 is 1.73 bits per heavy atom. The number of hydrogen-bond donors (Lipinski definition) is 1. The molecule has 2 aromatic carbocycles. The standard InChI is InChI=1S/C23H27N3O3S/c1-16-10-12-26(13-11-16)21-8-6-20(7-9-21)25-30(27,28)23-15-19(5-4-17(23)2)22-14-18(3)24-29-22/h4-9,14-16,25H,10-13H2,1-3H3. The molecule has 0 bridgehead atoms. The highest BCUT2D eigenvalue weighted by Gasteiger charge is 2.20. The summed E-state index contributed by atoms with van der Waals surface area (Å²) in [6.07, 6.45) is 2.38. The minimum Gasteiger partial charge on any atom is -0.372 e. The van der Waals surface area contributed by atoms with Crippen molar-refractivity contribution in [3.05, 3.63) is 59.8 Å². The summed E-state index contributed by atoms with van der Waals surface area (Å²) in [4.78, 5) is 2.58. The van der Waals surface area contributed by atoms with Gasteiger partial charge in [-0.05, 0) is 68.5 Å². The molecule has 1 aliphatic heterocycles. The topological polar surface area (TPSA) is 75.4 Å². The zero-order valence-electron chi connectivity index (χ0n) is 17.6. The third-order valence-corrected chi connectivity index (χ3v) is 7.18. The quantitative estimate of drug-likeness (QED) is 0.623. The van der Waals surface area contributed by atoms with E-state index in [1.165, 1.54) is 12.8 Å². The number of aryl methyl sites for hydroxylation is 2. The lowest BCUT2D eigenvalue weighted by Crippen LogP contribution is -2.32. The lowest BCUT2D eigenvalue weighted by Gasteiger charge is -2.32. The molecule has 6 nitrogen and oxygen atoms in total. The lowest BCUT2D eigenvalue weighted by molar-refractivity contribution is 0.427. The van der Waals surface area contributed by atoms with Crippen LogP contribution in [0.3, 0.4) is 0 Å². The first-order chi connectivity index (χ1) is 14.3. The van der Waals surface area contributed by atoms with Crippen LogP contribution in [0.2, 0.25) is 0 Å². The fourth-order valence-corrected chi connectivity index (χ4v) is 5.09. The summed E-state index contributed by atoms with van der Waals surface area (Å²) >= 11 is 0. The maximum atomic E-state index is 13.1. The second-order valence-electron chi connectivity index (χ2n) is 8.13. The molecule has 2 heterocycles. The van der Waals surface area contributed by atoms with Gasteiger partial charge in [0.25, 0.3) is 10.0 Å². The molecule has 1 fully saturated rings. The highest BCUT2D eigenvalue weighted by Crippen LogP contribution is 2.28. The Balaban J connectivity index is 1.54. The van der Waals surface area contributed by atoms with Gasteiger partial charge in [0.1, 0.15) is 0 Å². The molecule has 0 amide bonds. The van der Waals surface area contributed by atoms with Crippen molar-refractivity contribution in [3.63, 3.8) is 0 Å². The van der Waals surface area contributed by atoms with Gasteiger partial charge in [0.05, 0.1) is 10.6 Å². The van der Waals surface area contributed by atoms with Crippen LogP contribution in [0.25, 0.3) is 11.3 Å². The van der Waals surface area contributed by atoms with Gasteiger partial charge in [0, 0.05) is 36.1 Å². The first-order valence-corrected chi connectivity index (χ1v) is 11.7. The van der Waals surface area contributed by atoms with Gasteiger partial charge in [0.15, 0.2) is 5.76 Å². The average Bonchev–Trinajstić information content (AvgIpc) is 3.15. The highest BCUT2D eigenvalue weighted by molar-refractivity contribution is 7.92. The smallest absolute Gasteiger partial charge is 0.262 e. The maximum absolute atomic E-state index is 13.1. The molecule has 0 atom stereocenters. The molecule has 1 saturated heterocycles. The van der Waals surface area contributed by atoms with E-state index in [-0.39, 0.29) is 4.90 Å². The Morgan fingerprint density at radius 1 is 1.03 bits per heavy atom. The van der Waals surface area contributed by atoms with Gasteiger partial charge < -0.3 is 9.42 Å². The molecule has 3 aromatic rings. The second-order valence-corrected chi connectivity index (χ2v) is 9.79. The summed E-state index contributed by atoms with van der Waals surface area (Å²) < 4.78 is 34.1. The van der Waals surface area contributed by atoms with Crippen LogP contribution in [0.4, 0.5) is 11.4 Å². The van der Waals surface area contributed by atoms with E-state index < -0.39 is 10.0 Å². The van der Waals surface area contributed by atoms with Crippen molar-refractivity contribution in [2.75, 3.05) is 22.7 Å². The molecule has 30 heavy (non-hydrogen) atoms. The molecule has 1 aromatic heterocycles. The predicted molar refractivity (Wildman–Crippen MR) is 119 cm³/mol. The van der Waals surface area contributed by atoms with E-state index in [0.717, 1.165) is 30.4 Å². The number of hydrogen-bond acceptors (Lipinski definition) is 5. The molecule has 1 N–H and O–H groups in total. The largest absolute Gasteiger partial charge is 0.372 e. The monoisotopic (exact) mass is 425 g/mol. The van der Waals surface area contributed by atoms with E-state index in [0.29, 0.717) is 22.6 Å². The molecule has 0 spiro atoms. The van der Waals surface area contributed by atoms with E-state index in [9.17, 15) is 8.42 Å².